The van der Waals surface area contributed by atoms with Crippen LogP contribution in [0, 0.1) is 0 Å². The smallest absolute Gasteiger partial charge is 0.341 e. The summed E-state index contributed by atoms with van der Waals surface area (Å²) < 4.78 is 5.23. The molecule has 2 aromatic rings. The zero-order chi connectivity index (χ0) is 19.4. The van der Waals surface area contributed by atoms with E-state index in [4.69, 9.17) is 16.3 Å². The molecule has 1 aliphatic rings. The van der Waals surface area contributed by atoms with E-state index in [0.717, 1.165) is 34.8 Å². The fraction of sp³-hybridized carbons (Fsp3) is 0.368. The predicted octanol–water partition coefficient (Wildman–Crippen LogP) is 4.30. The zero-order valence-electron chi connectivity index (χ0n) is 15.2. The summed E-state index contributed by atoms with van der Waals surface area (Å²) in [6, 6.07) is 7.35. The first-order chi connectivity index (χ1) is 13.0. The van der Waals surface area contributed by atoms with Crippen molar-refractivity contribution in [3.05, 3.63) is 45.3 Å². The molecule has 0 unspecified atom stereocenters. The van der Waals surface area contributed by atoms with Gasteiger partial charge in [0.2, 0.25) is 5.91 Å². The van der Waals surface area contributed by atoms with Gasteiger partial charge in [0.05, 0.1) is 17.9 Å². The third-order valence-electron chi connectivity index (χ3n) is 4.16. The summed E-state index contributed by atoms with van der Waals surface area (Å²) >= 11 is 8.78. The van der Waals surface area contributed by atoms with Gasteiger partial charge in [-0.3, -0.25) is 4.79 Å². The Morgan fingerprint density at radius 2 is 2.07 bits per heavy atom. The summed E-state index contributed by atoms with van der Waals surface area (Å²) in [5, 5.41) is 4.17. The third kappa shape index (κ3) is 5.04. The number of benzene rings is 1. The normalized spacial score (nSPS) is 13.9. The van der Waals surface area contributed by atoms with Crippen LogP contribution in [0.15, 0.2) is 29.2 Å². The molecule has 0 atom stereocenters. The maximum absolute atomic E-state index is 12.5. The number of thioether (sulfide) groups is 1. The quantitative estimate of drug-likeness (QED) is 0.553. The van der Waals surface area contributed by atoms with E-state index in [0.29, 0.717) is 22.2 Å². The van der Waals surface area contributed by atoms with Crippen molar-refractivity contribution in [1.82, 2.24) is 4.90 Å². The Labute approximate surface area is 172 Å². The van der Waals surface area contributed by atoms with Crippen LogP contribution >= 0.6 is 34.7 Å². The average Bonchev–Trinajstić information content (AvgIpc) is 2.98. The van der Waals surface area contributed by atoms with Gasteiger partial charge in [0.15, 0.2) is 0 Å². The second-order valence-corrected chi connectivity index (χ2v) is 8.80. The number of ether oxygens (including phenoxy) is 1. The molecule has 0 fully saturated rings. The molecule has 1 aliphatic heterocycles. The Kier molecular flexibility index (Phi) is 6.81. The van der Waals surface area contributed by atoms with Gasteiger partial charge in [-0.05, 0) is 50.2 Å². The van der Waals surface area contributed by atoms with Crippen molar-refractivity contribution in [1.29, 1.82) is 0 Å². The summed E-state index contributed by atoms with van der Waals surface area (Å²) in [5.41, 5.74) is 1.53. The SMILES string of the molecule is CCOC(=O)c1c(NC(=O)CSc2ccc(Cl)cc2)sc2c1CCN(C)C2. The number of nitrogens with zero attached hydrogens (tertiary/aromatic N) is 1. The van der Waals surface area contributed by atoms with E-state index >= 15 is 0 Å². The first-order valence-electron chi connectivity index (χ1n) is 8.66. The highest BCUT2D eigenvalue weighted by molar-refractivity contribution is 8.00. The molecule has 27 heavy (non-hydrogen) atoms. The van der Waals surface area contributed by atoms with E-state index in [9.17, 15) is 9.59 Å². The van der Waals surface area contributed by atoms with Gasteiger partial charge in [-0.2, -0.15) is 0 Å². The molecule has 144 valence electrons. The Morgan fingerprint density at radius 3 is 2.78 bits per heavy atom. The standard InChI is InChI=1S/C19H21ClN2O3S2/c1-3-25-19(24)17-14-8-9-22(2)10-15(14)27-18(17)21-16(23)11-26-13-6-4-12(20)5-7-13/h4-7H,3,8-11H2,1-2H3,(H,21,23). The summed E-state index contributed by atoms with van der Waals surface area (Å²) in [6.07, 6.45) is 0.784. The Morgan fingerprint density at radius 1 is 1.33 bits per heavy atom. The van der Waals surface area contributed by atoms with Crippen LogP contribution in [-0.4, -0.2) is 42.7 Å². The van der Waals surface area contributed by atoms with E-state index in [1.54, 1.807) is 19.1 Å². The van der Waals surface area contributed by atoms with E-state index in [2.05, 4.69) is 10.2 Å². The van der Waals surface area contributed by atoms with Crippen LogP contribution in [0.25, 0.3) is 0 Å². The summed E-state index contributed by atoms with van der Waals surface area (Å²) in [7, 11) is 2.05. The Hall–Kier alpha value is -1.54. The van der Waals surface area contributed by atoms with Gasteiger partial charge in [-0.15, -0.1) is 23.1 Å². The van der Waals surface area contributed by atoms with Crippen molar-refractivity contribution < 1.29 is 14.3 Å². The molecule has 0 saturated carbocycles. The van der Waals surface area contributed by atoms with Gasteiger partial charge in [0, 0.05) is 27.9 Å². The summed E-state index contributed by atoms with van der Waals surface area (Å²) in [4.78, 5) is 29.2. The van der Waals surface area contributed by atoms with Gasteiger partial charge >= 0.3 is 5.97 Å². The fourth-order valence-corrected chi connectivity index (χ4v) is 5.04. The van der Waals surface area contributed by atoms with Gasteiger partial charge in [-0.1, -0.05) is 11.6 Å². The first kappa shape index (κ1) is 20.2. The van der Waals surface area contributed by atoms with E-state index in [1.807, 2.05) is 19.2 Å². The van der Waals surface area contributed by atoms with Crippen LogP contribution in [0.5, 0.6) is 0 Å². The highest BCUT2D eigenvalue weighted by Gasteiger charge is 2.28. The van der Waals surface area contributed by atoms with Crippen molar-refractivity contribution in [3.63, 3.8) is 0 Å². The van der Waals surface area contributed by atoms with E-state index in [1.165, 1.54) is 23.1 Å². The van der Waals surface area contributed by atoms with Crippen LogP contribution in [0.1, 0.15) is 27.7 Å². The molecule has 0 bridgehead atoms. The number of likely N-dealkylation sites (N-methyl/N-ethyl adjacent to an activating group) is 1. The minimum Gasteiger partial charge on any atom is -0.462 e. The number of nitrogens with one attached hydrogen (secondary N) is 1. The predicted molar refractivity (Wildman–Crippen MR) is 111 cm³/mol. The number of carbonyl (C=O) groups is 2. The Bertz CT molecular complexity index is 836. The summed E-state index contributed by atoms with van der Waals surface area (Å²) in [6.45, 7) is 3.76. The highest BCUT2D eigenvalue weighted by Crippen LogP contribution is 2.37. The summed E-state index contributed by atoms with van der Waals surface area (Å²) in [5.74, 6) is -0.250. The van der Waals surface area contributed by atoms with Crippen molar-refractivity contribution in [3.8, 4) is 0 Å². The van der Waals surface area contributed by atoms with Gasteiger partial charge in [-0.25, -0.2) is 4.79 Å². The van der Waals surface area contributed by atoms with Crippen molar-refractivity contribution in [2.45, 2.75) is 24.8 Å². The molecule has 0 aliphatic carbocycles. The molecular formula is C19H21ClN2O3S2. The van der Waals surface area contributed by atoms with Crippen molar-refractivity contribution >= 4 is 51.6 Å². The number of carbonyl (C=O) groups excluding carboxylic acids is 2. The molecule has 1 N–H and O–H groups in total. The molecular weight excluding hydrogens is 404 g/mol. The lowest BCUT2D eigenvalue weighted by Crippen LogP contribution is -2.26. The molecule has 1 amide bonds. The number of amides is 1. The molecule has 0 saturated heterocycles. The maximum atomic E-state index is 12.5. The molecule has 0 radical (unpaired) electrons. The number of hydrogen-bond donors (Lipinski definition) is 1. The van der Waals surface area contributed by atoms with Crippen LogP contribution in [-0.2, 0) is 22.5 Å². The average molecular weight is 425 g/mol. The second-order valence-electron chi connectivity index (χ2n) is 6.21. The van der Waals surface area contributed by atoms with Crippen molar-refractivity contribution in [2.24, 2.45) is 0 Å². The number of fused-ring (bicyclic) bond motifs is 1. The molecule has 0 spiro atoms. The topological polar surface area (TPSA) is 58.6 Å². The number of halogens is 1. The van der Waals surface area contributed by atoms with Crippen LogP contribution in [0.2, 0.25) is 5.02 Å². The second kappa shape index (κ2) is 9.10. The lowest BCUT2D eigenvalue weighted by molar-refractivity contribution is -0.113. The molecule has 1 aromatic carbocycles. The van der Waals surface area contributed by atoms with Gasteiger partial charge in [0.1, 0.15) is 5.00 Å². The number of rotatable bonds is 6. The molecule has 3 rings (SSSR count). The third-order valence-corrected chi connectivity index (χ3v) is 6.56. The van der Waals surface area contributed by atoms with Gasteiger partial charge in [0.25, 0.3) is 0 Å². The minimum absolute atomic E-state index is 0.146. The Balaban J connectivity index is 1.73. The largest absolute Gasteiger partial charge is 0.462 e. The lowest BCUT2D eigenvalue weighted by Gasteiger charge is -2.22. The monoisotopic (exact) mass is 424 g/mol. The first-order valence-corrected chi connectivity index (χ1v) is 10.8. The van der Waals surface area contributed by atoms with Crippen LogP contribution < -0.4 is 5.32 Å². The minimum atomic E-state index is -0.361. The lowest BCUT2D eigenvalue weighted by atomic mass is 10.0. The fourth-order valence-electron chi connectivity index (χ4n) is 2.88. The van der Waals surface area contributed by atoms with Gasteiger partial charge < -0.3 is 15.0 Å². The highest BCUT2D eigenvalue weighted by atomic mass is 35.5. The molecule has 8 heteroatoms. The van der Waals surface area contributed by atoms with Crippen molar-refractivity contribution in [2.75, 3.05) is 31.3 Å². The van der Waals surface area contributed by atoms with E-state index < -0.39 is 0 Å². The molecule has 5 nitrogen and oxygen atoms in total. The number of hydrogen-bond acceptors (Lipinski definition) is 6. The molecule has 1 aromatic heterocycles. The zero-order valence-corrected chi connectivity index (χ0v) is 17.6. The van der Waals surface area contributed by atoms with Crippen LogP contribution in [0.4, 0.5) is 5.00 Å². The van der Waals surface area contributed by atoms with Crippen LogP contribution in [0.3, 0.4) is 0 Å². The molecule has 2 heterocycles. The maximum Gasteiger partial charge on any atom is 0.341 e. The number of esters is 1. The van der Waals surface area contributed by atoms with E-state index in [-0.39, 0.29) is 17.6 Å². The number of thiophene rings is 1. The number of anilines is 1.